The third-order valence-electron chi connectivity index (χ3n) is 2.00. The molecule has 2 rings (SSSR count). The summed E-state index contributed by atoms with van der Waals surface area (Å²) in [6.45, 7) is 2.02. The van der Waals surface area contributed by atoms with Gasteiger partial charge in [-0.3, -0.25) is 0 Å². The van der Waals surface area contributed by atoms with Gasteiger partial charge in [-0.1, -0.05) is 18.2 Å². The normalized spacial score (nSPS) is 13.5. The maximum atomic E-state index is 5.83. The Balaban J connectivity index is 2.70. The van der Waals surface area contributed by atoms with E-state index >= 15 is 0 Å². The smallest absolute Gasteiger partial charge is 0.0346 e. The Bertz CT molecular complexity index is 389. The summed E-state index contributed by atoms with van der Waals surface area (Å²) < 4.78 is 1.32. The Labute approximate surface area is 75.8 Å². The average molecular weight is 177 g/mol. The van der Waals surface area contributed by atoms with Crippen molar-refractivity contribution in [2.45, 2.75) is 13.0 Å². The number of benzene rings is 1. The number of nitrogens with two attached hydrogens (primary N) is 1. The molecule has 1 aromatic carbocycles. The highest BCUT2D eigenvalue weighted by Gasteiger charge is 2.05. The molecule has 12 heavy (non-hydrogen) atoms. The topological polar surface area (TPSA) is 26.0 Å². The van der Waals surface area contributed by atoms with E-state index in [4.69, 9.17) is 5.73 Å². The summed E-state index contributed by atoms with van der Waals surface area (Å²) in [7, 11) is 0. The molecule has 0 radical (unpaired) electrons. The van der Waals surface area contributed by atoms with Crippen LogP contribution in [0.15, 0.2) is 29.6 Å². The van der Waals surface area contributed by atoms with Crippen LogP contribution in [-0.4, -0.2) is 0 Å². The number of hydrogen-bond donors (Lipinski definition) is 1. The van der Waals surface area contributed by atoms with Crippen molar-refractivity contribution in [1.29, 1.82) is 0 Å². The molecule has 2 N–H and O–H groups in total. The molecule has 62 valence electrons. The molecule has 0 amide bonds. The lowest BCUT2D eigenvalue weighted by molar-refractivity contribution is 0.830. The molecule has 1 heterocycles. The van der Waals surface area contributed by atoms with Crippen molar-refractivity contribution in [2.75, 3.05) is 0 Å². The van der Waals surface area contributed by atoms with Gasteiger partial charge in [0.15, 0.2) is 0 Å². The molecule has 2 aromatic rings. The van der Waals surface area contributed by atoms with Crippen molar-refractivity contribution in [2.24, 2.45) is 5.73 Å². The lowest BCUT2D eigenvalue weighted by Crippen LogP contribution is -2.03. The molecule has 1 atom stereocenters. The van der Waals surface area contributed by atoms with Gasteiger partial charge in [-0.2, -0.15) is 0 Å². The monoisotopic (exact) mass is 177 g/mol. The zero-order chi connectivity index (χ0) is 8.55. The van der Waals surface area contributed by atoms with E-state index in [0.717, 1.165) is 0 Å². The van der Waals surface area contributed by atoms with Gasteiger partial charge in [-0.15, -0.1) is 11.3 Å². The largest absolute Gasteiger partial charge is 0.324 e. The van der Waals surface area contributed by atoms with Crippen molar-refractivity contribution in [3.8, 4) is 0 Å². The van der Waals surface area contributed by atoms with Gasteiger partial charge in [0.2, 0.25) is 0 Å². The maximum Gasteiger partial charge on any atom is 0.0346 e. The van der Waals surface area contributed by atoms with E-state index in [9.17, 15) is 0 Å². The predicted octanol–water partition coefficient (Wildman–Crippen LogP) is 2.92. The lowest BCUT2D eigenvalue weighted by Gasteiger charge is -2.01. The molecule has 0 aliphatic heterocycles. The molecule has 2 heteroatoms. The second-order valence-electron chi connectivity index (χ2n) is 2.98. The van der Waals surface area contributed by atoms with Gasteiger partial charge in [0.1, 0.15) is 0 Å². The van der Waals surface area contributed by atoms with E-state index in [2.05, 4.69) is 29.6 Å². The standard InChI is InChI=1S/C10H11NS/c1-7(11)9-6-12-10-5-3-2-4-8(9)10/h2-7H,11H2,1H3/t7-/m0/s1. The number of rotatable bonds is 1. The Kier molecular flexibility index (Phi) is 1.87. The van der Waals surface area contributed by atoms with Crippen molar-refractivity contribution in [3.05, 3.63) is 35.2 Å². The van der Waals surface area contributed by atoms with Crippen LogP contribution in [0.5, 0.6) is 0 Å². The minimum absolute atomic E-state index is 0.140. The van der Waals surface area contributed by atoms with Gasteiger partial charge in [0.05, 0.1) is 0 Å². The first-order chi connectivity index (χ1) is 5.79. The zero-order valence-electron chi connectivity index (χ0n) is 6.95. The van der Waals surface area contributed by atoms with Gasteiger partial charge in [-0.25, -0.2) is 0 Å². The molecule has 0 spiro atoms. The number of fused-ring (bicyclic) bond motifs is 1. The molecule has 0 aliphatic rings. The average Bonchev–Trinajstić information content (AvgIpc) is 2.47. The predicted molar refractivity (Wildman–Crippen MR) is 54.4 cm³/mol. The first-order valence-electron chi connectivity index (χ1n) is 4.01. The molecule has 0 bridgehead atoms. The molecule has 0 aliphatic carbocycles. The second kappa shape index (κ2) is 2.88. The number of hydrogen-bond acceptors (Lipinski definition) is 2. The van der Waals surface area contributed by atoms with Crippen LogP contribution in [0.4, 0.5) is 0 Å². The van der Waals surface area contributed by atoms with Crippen molar-refractivity contribution in [3.63, 3.8) is 0 Å². The molecule has 0 unspecified atom stereocenters. The highest BCUT2D eigenvalue weighted by Crippen LogP contribution is 2.28. The van der Waals surface area contributed by atoms with Crippen molar-refractivity contribution in [1.82, 2.24) is 0 Å². The fourth-order valence-electron chi connectivity index (χ4n) is 1.35. The fourth-order valence-corrected chi connectivity index (χ4v) is 2.42. The van der Waals surface area contributed by atoms with Crippen LogP contribution in [0.2, 0.25) is 0 Å². The molecular formula is C10H11NS. The van der Waals surface area contributed by atoms with Crippen LogP contribution in [0, 0.1) is 0 Å². The lowest BCUT2D eigenvalue weighted by atomic mass is 10.1. The van der Waals surface area contributed by atoms with E-state index in [0.29, 0.717) is 0 Å². The van der Waals surface area contributed by atoms with Gasteiger partial charge >= 0.3 is 0 Å². The van der Waals surface area contributed by atoms with Crippen LogP contribution >= 0.6 is 11.3 Å². The first-order valence-corrected chi connectivity index (χ1v) is 4.88. The van der Waals surface area contributed by atoms with Crippen LogP contribution in [0.3, 0.4) is 0 Å². The van der Waals surface area contributed by atoms with Crippen LogP contribution in [0.25, 0.3) is 10.1 Å². The van der Waals surface area contributed by atoms with Gasteiger partial charge in [0, 0.05) is 10.7 Å². The summed E-state index contributed by atoms with van der Waals surface area (Å²) in [5.41, 5.74) is 7.09. The Hall–Kier alpha value is -0.860. The third kappa shape index (κ3) is 1.13. The second-order valence-corrected chi connectivity index (χ2v) is 3.89. The van der Waals surface area contributed by atoms with Crippen molar-refractivity contribution < 1.29 is 0 Å². The molecular weight excluding hydrogens is 166 g/mol. The number of thiophene rings is 1. The van der Waals surface area contributed by atoms with Crippen LogP contribution < -0.4 is 5.73 Å². The van der Waals surface area contributed by atoms with Gasteiger partial charge < -0.3 is 5.73 Å². The highest BCUT2D eigenvalue weighted by molar-refractivity contribution is 7.17. The molecule has 1 aromatic heterocycles. The van der Waals surface area contributed by atoms with Crippen molar-refractivity contribution >= 4 is 21.4 Å². The fraction of sp³-hybridized carbons (Fsp3) is 0.200. The van der Waals surface area contributed by atoms with E-state index < -0.39 is 0 Å². The molecule has 0 saturated carbocycles. The molecule has 0 fully saturated rings. The summed E-state index contributed by atoms with van der Waals surface area (Å²) >= 11 is 1.76. The highest BCUT2D eigenvalue weighted by atomic mass is 32.1. The van der Waals surface area contributed by atoms with Gasteiger partial charge in [-0.05, 0) is 29.3 Å². The minimum Gasteiger partial charge on any atom is -0.324 e. The first kappa shape index (κ1) is 7.77. The van der Waals surface area contributed by atoms with E-state index in [1.54, 1.807) is 11.3 Å². The molecule has 1 nitrogen and oxygen atoms in total. The molecule has 0 saturated heterocycles. The summed E-state index contributed by atoms with van der Waals surface area (Å²) in [6.07, 6.45) is 0. The van der Waals surface area contributed by atoms with E-state index in [1.165, 1.54) is 15.6 Å². The van der Waals surface area contributed by atoms with Crippen LogP contribution in [-0.2, 0) is 0 Å². The van der Waals surface area contributed by atoms with Crippen LogP contribution in [0.1, 0.15) is 18.5 Å². The summed E-state index contributed by atoms with van der Waals surface area (Å²) in [5, 5.41) is 3.45. The zero-order valence-corrected chi connectivity index (χ0v) is 7.77. The Morgan fingerprint density at radius 1 is 1.33 bits per heavy atom. The van der Waals surface area contributed by atoms with E-state index in [-0.39, 0.29) is 6.04 Å². The Morgan fingerprint density at radius 3 is 2.83 bits per heavy atom. The third-order valence-corrected chi connectivity index (χ3v) is 2.98. The minimum atomic E-state index is 0.140. The SMILES string of the molecule is C[C@H](N)c1csc2ccccc12. The van der Waals surface area contributed by atoms with E-state index in [1.807, 2.05) is 6.92 Å². The van der Waals surface area contributed by atoms with Gasteiger partial charge in [0.25, 0.3) is 0 Å². The summed E-state index contributed by atoms with van der Waals surface area (Å²) in [6, 6.07) is 8.52. The summed E-state index contributed by atoms with van der Waals surface area (Å²) in [4.78, 5) is 0. The summed E-state index contributed by atoms with van der Waals surface area (Å²) in [5.74, 6) is 0. The quantitative estimate of drug-likeness (QED) is 0.712. The maximum absolute atomic E-state index is 5.83. The Morgan fingerprint density at radius 2 is 2.08 bits per heavy atom.